The molecule has 1 unspecified atom stereocenters. The molecule has 0 radical (unpaired) electrons. The standard InChI is InChI=1S/C12H16N2O4S/c15-12(14-10-6-7-19(16,17)8-10)13-9-18-11-4-2-1-3-5-11/h1-5,10H,6-9H2,(H2,13,14,15). The molecule has 0 spiro atoms. The molecule has 1 aromatic carbocycles. The maximum atomic E-state index is 11.5. The average molecular weight is 284 g/mol. The lowest BCUT2D eigenvalue weighted by molar-refractivity contribution is 0.221. The van der Waals surface area contributed by atoms with Gasteiger partial charge in [-0.05, 0) is 18.6 Å². The van der Waals surface area contributed by atoms with Gasteiger partial charge in [-0.2, -0.15) is 0 Å². The number of rotatable bonds is 4. The normalized spacial score (nSPS) is 20.7. The minimum atomic E-state index is -2.98. The van der Waals surface area contributed by atoms with E-state index in [2.05, 4.69) is 10.6 Å². The Morgan fingerprint density at radius 2 is 2.05 bits per heavy atom. The summed E-state index contributed by atoms with van der Waals surface area (Å²) >= 11 is 0. The first-order chi connectivity index (χ1) is 9.05. The molecule has 1 aromatic rings. The van der Waals surface area contributed by atoms with Gasteiger partial charge in [0.1, 0.15) is 5.75 Å². The Hall–Kier alpha value is -1.76. The second-order valence-electron chi connectivity index (χ2n) is 4.35. The summed E-state index contributed by atoms with van der Waals surface area (Å²) in [6.45, 7) is 0.0370. The Balaban J connectivity index is 1.68. The van der Waals surface area contributed by atoms with E-state index in [9.17, 15) is 13.2 Å². The van der Waals surface area contributed by atoms with E-state index in [0.717, 1.165) is 0 Å². The molecule has 0 bridgehead atoms. The third-order valence-electron chi connectivity index (χ3n) is 2.78. The molecule has 2 amide bonds. The van der Waals surface area contributed by atoms with Crippen LogP contribution in [-0.4, -0.2) is 38.7 Å². The van der Waals surface area contributed by atoms with Gasteiger partial charge in [0, 0.05) is 6.04 Å². The predicted octanol–water partition coefficient (Wildman–Crippen LogP) is 0.509. The molecule has 104 valence electrons. The molecule has 0 aliphatic carbocycles. The quantitative estimate of drug-likeness (QED) is 0.789. The summed E-state index contributed by atoms with van der Waals surface area (Å²) in [7, 11) is -2.98. The van der Waals surface area contributed by atoms with Crippen molar-refractivity contribution in [1.82, 2.24) is 10.6 Å². The molecule has 1 heterocycles. The smallest absolute Gasteiger partial charge is 0.317 e. The second-order valence-corrected chi connectivity index (χ2v) is 6.58. The molecule has 7 heteroatoms. The third-order valence-corrected chi connectivity index (χ3v) is 4.55. The number of carbonyl (C=O) groups is 1. The fourth-order valence-electron chi connectivity index (χ4n) is 1.85. The van der Waals surface area contributed by atoms with Gasteiger partial charge in [-0.3, -0.25) is 0 Å². The molecule has 1 saturated heterocycles. The molecule has 1 aliphatic rings. The molecular formula is C12H16N2O4S. The number of amides is 2. The summed E-state index contributed by atoms with van der Waals surface area (Å²) in [5, 5.41) is 5.13. The van der Waals surface area contributed by atoms with E-state index in [-0.39, 0.29) is 24.3 Å². The van der Waals surface area contributed by atoms with Crippen LogP contribution in [0.3, 0.4) is 0 Å². The minimum absolute atomic E-state index is 0.0139. The van der Waals surface area contributed by atoms with Crippen molar-refractivity contribution in [3.8, 4) is 5.75 Å². The van der Waals surface area contributed by atoms with Crippen LogP contribution in [0.25, 0.3) is 0 Å². The van der Waals surface area contributed by atoms with Crippen LogP contribution in [0, 0.1) is 0 Å². The number of carbonyl (C=O) groups excluding carboxylic acids is 1. The summed E-state index contributed by atoms with van der Waals surface area (Å²) in [5.74, 6) is 0.810. The van der Waals surface area contributed by atoms with E-state index in [1.165, 1.54) is 0 Å². The summed E-state index contributed by atoms with van der Waals surface area (Å²) in [4.78, 5) is 11.5. The molecule has 1 aliphatic heterocycles. The third kappa shape index (κ3) is 4.44. The topological polar surface area (TPSA) is 84.5 Å². The molecule has 6 nitrogen and oxygen atoms in total. The van der Waals surface area contributed by atoms with Crippen LogP contribution in [0.2, 0.25) is 0 Å². The van der Waals surface area contributed by atoms with E-state index >= 15 is 0 Å². The SMILES string of the molecule is O=C(NCOc1ccccc1)NC1CCS(=O)(=O)C1. The number of nitrogens with one attached hydrogen (secondary N) is 2. The lowest BCUT2D eigenvalue weighted by Crippen LogP contribution is -2.43. The van der Waals surface area contributed by atoms with Crippen molar-refractivity contribution in [3.05, 3.63) is 30.3 Å². The second kappa shape index (κ2) is 5.92. The highest BCUT2D eigenvalue weighted by Gasteiger charge is 2.28. The molecule has 1 atom stereocenters. The minimum Gasteiger partial charge on any atom is -0.473 e. The van der Waals surface area contributed by atoms with Crippen molar-refractivity contribution >= 4 is 15.9 Å². The first kappa shape index (κ1) is 13.7. The number of hydrogen-bond acceptors (Lipinski definition) is 4. The van der Waals surface area contributed by atoms with Crippen molar-refractivity contribution in [2.24, 2.45) is 0 Å². The van der Waals surface area contributed by atoms with Crippen molar-refractivity contribution < 1.29 is 17.9 Å². The summed E-state index contributed by atoms with van der Waals surface area (Å²) < 4.78 is 27.7. The molecule has 2 N–H and O–H groups in total. The Kier molecular flexibility index (Phi) is 4.26. The molecule has 2 rings (SSSR count). The molecule has 1 fully saturated rings. The largest absolute Gasteiger partial charge is 0.473 e. The van der Waals surface area contributed by atoms with Gasteiger partial charge in [-0.1, -0.05) is 18.2 Å². The van der Waals surface area contributed by atoms with Gasteiger partial charge in [0.15, 0.2) is 16.6 Å². The van der Waals surface area contributed by atoms with Gasteiger partial charge < -0.3 is 15.4 Å². The van der Waals surface area contributed by atoms with Gasteiger partial charge in [0.2, 0.25) is 0 Å². The van der Waals surface area contributed by atoms with Gasteiger partial charge in [-0.15, -0.1) is 0 Å². The molecule has 19 heavy (non-hydrogen) atoms. The van der Waals surface area contributed by atoms with E-state index < -0.39 is 15.9 Å². The van der Waals surface area contributed by atoms with Crippen LogP contribution >= 0.6 is 0 Å². The van der Waals surface area contributed by atoms with Crippen LogP contribution < -0.4 is 15.4 Å². The Morgan fingerprint density at radius 3 is 2.68 bits per heavy atom. The van der Waals surface area contributed by atoms with Crippen LogP contribution in [-0.2, 0) is 9.84 Å². The molecule has 0 aromatic heterocycles. The number of urea groups is 1. The first-order valence-corrected chi connectivity index (χ1v) is 7.80. The maximum absolute atomic E-state index is 11.5. The Morgan fingerprint density at radius 1 is 1.32 bits per heavy atom. The van der Waals surface area contributed by atoms with Gasteiger partial charge >= 0.3 is 6.03 Å². The zero-order valence-corrected chi connectivity index (χ0v) is 11.2. The highest BCUT2D eigenvalue weighted by molar-refractivity contribution is 7.91. The van der Waals surface area contributed by atoms with Crippen LogP contribution in [0.15, 0.2) is 30.3 Å². The van der Waals surface area contributed by atoms with E-state index in [0.29, 0.717) is 12.2 Å². The number of ether oxygens (including phenoxy) is 1. The molecular weight excluding hydrogens is 268 g/mol. The lowest BCUT2D eigenvalue weighted by Gasteiger charge is -2.12. The van der Waals surface area contributed by atoms with Crippen molar-refractivity contribution in [2.75, 3.05) is 18.2 Å². The van der Waals surface area contributed by atoms with Crippen LogP contribution in [0.5, 0.6) is 5.75 Å². The van der Waals surface area contributed by atoms with Gasteiger partial charge in [0.05, 0.1) is 11.5 Å². The van der Waals surface area contributed by atoms with E-state index in [1.54, 1.807) is 12.1 Å². The van der Waals surface area contributed by atoms with Crippen LogP contribution in [0.1, 0.15) is 6.42 Å². The summed E-state index contributed by atoms with van der Waals surface area (Å²) in [6.07, 6.45) is 0.468. The number of sulfone groups is 1. The van der Waals surface area contributed by atoms with E-state index in [1.807, 2.05) is 18.2 Å². The number of para-hydroxylation sites is 1. The zero-order valence-electron chi connectivity index (χ0n) is 10.3. The predicted molar refractivity (Wildman–Crippen MR) is 70.7 cm³/mol. The summed E-state index contributed by atoms with van der Waals surface area (Å²) in [6, 6.07) is 8.37. The highest BCUT2D eigenvalue weighted by atomic mass is 32.2. The van der Waals surface area contributed by atoms with Crippen molar-refractivity contribution in [3.63, 3.8) is 0 Å². The van der Waals surface area contributed by atoms with E-state index in [4.69, 9.17) is 4.74 Å². The van der Waals surface area contributed by atoms with Gasteiger partial charge in [0.25, 0.3) is 0 Å². The first-order valence-electron chi connectivity index (χ1n) is 5.98. The monoisotopic (exact) mass is 284 g/mol. The zero-order chi connectivity index (χ0) is 13.7. The fourth-order valence-corrected chi connectivity index (χ4v) is 3.52. The number of hydrogen-bond donors (Lipinski definition) is 2. The summed E-state index contributed by atoms with van der Waals surface area (Å²) in [5.41, 5.74) is 0. The van der Waals surface area contributed by atoms with Gasteiger partial charge in [-0.25, -0.2) is 13.2 Å². The Bertz CT molecular complexity index is 530. The highest BCUT2D eigenvalue weighted by Crippen LogP contribution is 2.11. The number of benzene rings is 1. The average Bonchev–Trinajstić information content (AvgIpc) is 2.70. The maximum Gasteiger partial charge on any atom is 0.317 e. The molecule has 0 saturated carbocycles. The lowest BCUT2D eigenvalue weighted by atomic mass is 10.3. The van der Waals surface area contributed by atoms with Crippen molar-refractivity contribution in [1.29, 1.82) is 0 Å². The fraction of sp³-hybridized carbons (Fsp3) is 0.417. The Labute approximate surface area is 112 Å². The van der Waals surface area contributed by atoms with Crippen LogP contribution in [0.4, 0.5) is 4.79 Å². The van der Waals surface area contributed by atoms with Crippen molar-refractivity contribution in [2.45, 2.75) is 12.5 Å².